The Balaban J connectivity index is 1.43. The van der Waals surface area contributed by atoms with Crippen LogP contribution >= 0.6 is 0 Å². The first-order valence-corrected chi connectivity index (χ1v) is 8.49. The van der Waals surface area contributed by atoms with Gasteiger partial charge in [-0.25, -0.2) is 0 Å². The van der Waals surface area contributed by atoms with E-state index in [0.717, 1.165) is 37.1 Å². The molecule has 1 aromatic carbocycles. The van der Waals surface area contributed by atoms with Crippen molar-refractivity contribution in [2.24, 2.45) is 5.41 Å². The number of carbonyl (C=O) groups is 2. The molecular weight excluding hydrogens is 308 g/mol. The predicted molar refractivity (Wildman–Crippen MR) is 86.8 cm³/mol. The van der Waals surface area contributed by atoms with Crippen molar-refractivity contribution in [3.63, 3.8) is 0 Å². The summed E-state index contributed by atoms with van der Waals surface area (Å²) in [6.45, 7) is 2.28. The van der Waals surface area contributed by atoms with Crippen LogP contribution in [0.15, 0.2) is 18.2 Å². The van der Waals surface area contributed by atoms with Crippen LogP contribution in [0, 0.1) is 5.41 Å². The lowest BCUT2D eigenvalue weighted by atomic mass is 9.78. The minimum absolute atomic E-state index is 0.0757. The Bertz CT molecular complexity index is 690. The van der Waals surface area contributed by atoms with Gasteiger partial charge in [0.05, 0.1) is 11.8 Å². The molecule has 1 spiro atoms. The van der Waals surface area contributed by atoms with E-state index in [1.54, 1.807) is 0 Å². The Morgan fingerprint density at radius 2 is 2.04 bits per heavy atom. The molecule has 6 nitrogen and oxygen atoms in total. The van der Waals surface area contributed by atoms with E-state index in [1.165, 1.54) is 0 Å². The van der Waals surface area contributed by atoms with Gasteiger partial charge in [0.2, 0.25) is 18.6 Å². The zero-order chi connectivity index (χ0) is 16.7. The number of hydrogen-bond donors (Lipinski definition) is 0. The molecule has 0 radical (unpaired) electrons. The van der Waals surface area contributed by atoms with E-state index in [9.17, 15) is 9.59 Å². The van der Waals surface area contributed by atoms with Gasteiger partial charge in [0.25, 0.3) is 0 Å². The van der Waals surface area contributed by atoms with Crippen LogP contribution in [0.3, 0.4) is 0 Å². The molecule has 0 bridgehead atoms. The number of rotatable bonds is 2. The van der Waals surface area contributed by atoms with Crippen LogP contribution in [0.25, 0.3) is 0 Å². The van der Waals surface area contributed by atoms with E-state index < -0.39 is 0 Å². The van der Waals surface area contributed by atoms with E-state index in [4.69, 9.17) is 9.47 Å². The lowest BCUT2D eigenvalue weighted by Gasteiger charge is -2.37. The van der Waals surface area contributed by atoms with E-state index in [-0.39, 0.29) is 24.0 Å². The molecule has 0 unspecified atom stereocenters. The first-order valence-electron chi connectivity index (χ1n) is 8.49. The number of nitrogens with zero attached hydrogens (tertiary/aromatic N) is 2. The third-order valence-electron chi connectivity index (χ3n) is 5.45. The molecule has 3 aliphatic rings. The molecule has 3 aliphatic heterocycles. The monoisotopic (exact) mass is 330 g/mol. The van der Waals surface area contributed by atoms with Crippen LogP contribution in [-0.4, -0.2) is 55.1 Å². The summed E-state index contributed by atoms with van der Waals surface area (Å²) in [5.41, 5.74) is 0.564. The first-order chi connectivity index (χ1) is 11.6. The van der Waals surface area contributed by atoms with Crippen LogP contribution < -0.4 is 9.47 Å². The van der Waals surface area contributed by atoms with Crippen molar-refractivity contribution in [1.29, 1.82) is 0 Å². The van der Waals surface area contributed by atoms with Crippen LogP contribution in [-0.2, 0) is 16.0 Å². The van der Waals surface area contributed by atoms with Gasteiger partial charge in [-0.15, -0.1) is 0 Å². The van der Waals surface area contributed by atoms with Gasteiger partial charge in [-0.05, 0) is 37.0 Å². The predicted octanol–water partition coefficient (Wildman–Crippen LogP) is 1.43. The fourth-order valence-electron chi connectivity index (χ4n) is 4.07. The average molecular weight is 330 g/mol. The van der Waals surface area contributed by atoms with Crippen molar-refractivity contribution >= 4 is 11.8 Å². The smallest absolute Gasteiger partial charge is 0.231 e. The minimum atomic E-state index is -0.350. The molecule has 0 aliphatic carbocycles. The van der Waals surface area contributed by atoms with Gasteiger partial charge in [-0.2, -0.15) is 0 Å². The van der Waals surface area contributed by atoms with Gasteiger partial charge in [0.1, 0.15) is 0 Å². The molecule has 2 fully saturated rings. The average Bonchev–Trinajstić information content (AvgIpc) is 3.20. The Morgan fingerprint density at radius 1 is 1.21 bits per heavy atom. The maximum absolute atomic E-state index is 12.7. The summed E-state index contributed by atoms with van der Waals surface area (Å²) in [4.78, 5) is 28.9. The Hall–Kier alpha value is -2.24. The molecule has 2 amide bonds. The molecule has 1 aromatic rings. The van der Waals surface area contributed by atoms with Crippen molar-refractivity contribution in [1.82, 2.24) is 9.80 Å². The lowest BCUT2D eigenvalue weighted by Crippen LogP contribution is -2.48. The maximum atomic E-state index is 12.7. The van der Waals surface area contributed by atoms with Gasteiger partial charge in [-0.1, -0.05) is 6.07 Å². The highest BCUT2D eigenvalue weighted by molar-refractivity contribution is 5.86. The summed E-state index contributed by atoms with van der Waals surface area (Å²) in [7, 11) is 1.86. The van der Waals surface area contributed by atoms with Gasteiger partial charge in [0.15, 0.2) is 11.5 Å². The van der Waals surface area contributed by atoms with Crippen LogP contribution in [0.2, 0.25) is 0 Å². The standard InChI is InChI=1S/C18H22N2O4/c1-19-7-2-5-18(17(19)22)6-8-20(11-18)16(21)10-13-3-4-14-15(9-13)24-12-23-14/h3-4,9H,2,5-8,10-12H2,1H3/t18-/m0/s1. The molecule has 0 N–H and O–H groups in total. The second-order valence-electron chi connectivity index (χ2n) is 7.04. The molecule has 3 heterocycles. The van der Waals surface area contributed by atoms with E-state index in [2.05, 4.69) is 0 Å². The molecule has 6 heteroatoms. The highest BCUT2D eigenvalue weighted by Crippen LogP contribution is 2.40. The molecule has 0 aromatic heterocycles. The number of fused-ring (bicyclic) bond motifs is 1. The maximum Gasteiger partial charge on any atom is 0.231 e. The summed E-state index contributed by atoms with van der Waals surface area (Å²) in [5.74, 6) is 1.70. The van der Waals surface area contributed by atoms with Gasteiger partial charge in [0, 0.05) is 26.7 Å². The van der Waals surface area contributed by atoms with Crippen molar-refractivity contribution in [2.45, 2.75) is 25.7 Å². The van der Waals surface area contributed by atoms with Crippen molar-refractivity contribution < 1.29 is 19.1 Å². The molecule has 4 rings (SSSR count). The van der Waals surface area contributed by atoms with Crippen LogP contribution in [0.1, 0.15) is 24.8 Å². The Morgan fingerprint density at radius 3 is 2.92 bits per heavy atom. The Kier molecular flexibility index (Phi) is 3.62. The van der Waals surface area contributed by atoms with E-state index >= 15 is 0 Å². The highest BCUT2D eigenvalue weighted by atomic mass is 16.7. The Labute approximate surface area is 141 Å². The van der Waals surface area contributed by atoms with Crippen molar-refractivity contribution in [2.75, 3.05) is 33.5 Å². The zero-order valence-corrected chi connectivity index (χ0v) is 13.9. The van der Waals surface area contributed by atoms with Crippen molar-refractivity contribution in [3.8, 4) is 11.5 Å². The van der Waals surface area contributed by atoms with E-state index in [0.29, 0.717) is 25.3 Å². The number of carbonyl (C=O) groups excluding carboxylic acids is 2. The van der Waals surface area contributed by atoms with Crippen molar-refractivity contribution in [3.05, 3.63) is 23.8 Å². The number of amides is 2. The summed E-state index contributed by atoms with van der Waals surface area (Å²) < 4.78 is 10.7. The second-order valence-corrected chi connectivity index (χ2v) is 7.04. The topological polar surface area (TPSA) is 59.1 Å². The molecule has 1 atom stereocenters. The number of hydrogen-bond acceptors (Lipinski definition) is 4. The van der Waals surface area contributed by atoms with Gasteiger partial charge in [-0.3, -0.25) is 9.59 Å². The number of piperidine rings is 1. The molecule has 128 valence electrons. The third kappa shape index (κ3) is 2.50. The molecular formula is C18H22N2O4. The lowest BCUT2D eigenvalue weighted by molar-refractivity contribution is -0.144. The summed E-state index contributed by atoms with van der Waals surface area (Å²) in [5, 5.41) is 0. The second kappa shape index (κ2) is 5.69. The SMILES string of the molecule is CN1CCC[C@@]2(CCN(C(=O)Cc3ccc4c(c3)OCO4)C2)C1=O. The first kappa shape index (κ1) is 15.3. The highest BCUT2D eigenvalue weighted by Gasteiger charge is 2.48. The molecule has 0 saturated carbocycles. The number of likely N-dealkylation sites (tertiary alicyclic amines) is 2. The normalized spacial score (nSPS) is 25.6. The zero-order valence-electron chi connectivity index (χ0n) is 13.9. The summed E-state index contributed by atoms with van der Waals surface area (Å²) >= 11 is 0. The molecule has 2 saturated heterocycles. The van der Waals surface area contributed by atoms with E-state index in [1.807, 2.05) is 35.0 Å². The number of ether oxygens (including phenoxy) is 2. The van der Waals surface area contributed by atoms with Gasteiger partial charge < -0.3 is 19.3 Å². The largest absolute Gasteiger partial charge is 0.454 e. The molecule has 24 heavy (non-hydrogen) atoms. The third-order valence-corrected chi connectivity index (χ3v) is 5.45. The van der Waals surface area contributed by atoms with Gasteiger partial charge >= 0.3 is 0 Å². The summed E-state index contributed by atoms with van der Waals surface area (Å²) in [6, 6.07) is 5.61. The fourth-order valence-corrected chi connectivity index (χ4v) is 4.07. The fraction of sp³-hybridized carbons (Fsp3) is 0.556. The summed E-state index contributed by atoms with van der Waals surface area (Å²) in [6.07, 6.45) is 3.02. The quantitative estimate of drug-likeness (QED) is 0.823. The number of benzene rings is 1. The van der Waals surface area contributed by atoms with Crippen LogP contribution in [0.4, 0.5) is 0 Å². The minimum Gasteiger partial charge on any atom is -0.454 e. The van der Waals surface area contributed by atoms with Crippen LogP contribution in [0.5, 0.6) is 11.5 Å².